The Morgan fingerprint density at radius 1 is 0.808 bits per heavy atom. The Hall–Kier alpha value is -2.34. The summed E-state index contributed by atoms with van der Waals surface area (Å²) in [5.74, 6) is 0. The van der Waals surface area contributed by atoms with Gasteiger partial charge in [-0.3, -0.25) is 0 Å². The molecule has 5 rings (SSSR count). The molecule has 0 aliphatic carbocycles. The molecule has 26 heavy (non-hydrogen) atoms. The number of thiophene rings is 1. The van der Waals surface area contributed by atoms with Crippen LogP contribution >= 0.6 is 34.0 Å². The van der Waals surface area contributed by atoms with Crippen molar-refractivity contribution >= 4 is 66.1 Å². The zero-order valence-electron chi connectivity index (χ0n) is 14.0. The molecule has 0 spiro atoms. The molecule has 0 N–H and O–H groups in total. The number of hydrogen-bond donors (Lipinski definition) is 0. The SMILES string of the molecule is Cc1ccsc1C=C(c1nc2ccccc2s1)c1nc2ccccc2s1. The second-order valence-electron chi connectivity index (χ2n) is 6.00. The van der Waals surface area contributed by atoms with E-state index in [1.807, 2.05) is 12.1 Å². The molecule has 2 aromatic carbocycles. The Balaban J connectivity index is 1.74. The molecule has 0 fully saturated rings. The van der Waals surface area contributed by atoms with Gasteiger partial charge in [0.1, 0.15) is 10.0 Å². The largest absolute Gasteiger partial charge is 0.236 e. The number of aromatic nitrogens is 2. The normalized spacial score (nSPS) is 11.3. The van der Waals surface area contributed by atoms with E-state index in [1.54, 1.807) is 34.0 Å². The number of fused-ring (bicyclic) bond motifs is 2. The summed E-state index contributed by atoms with van der Waals surface area (Å²) in [5.41, 5.74) is 4.48. The van der Waals surface area contributed by atoms with E-state index in [0.717, 1.165) is 26.6 Å². The second-order valence-corrected chi connectivity index (χ2v) is 9.01. The number of thiazole rings is 2. The molecule has 0 atom stereocenters. The fourth-order valence-electron chi connectivity index (χ4n) is 2.85. The van der Waals surface area contributed by atoms with Crippen molar-refractivity contribution in [1.82, 2.24) is 9.97 Å². The smallest absolute Gasteiger partial charge is 0.127 e. The molecular weight excluding hydrogens is 376 g/mol. The van der Waals surface area contributed by atoms with Gasteiger partial charge in [0.15, 0.2) is 0 Å². The lowest BCUT2D eigenvalue weighted by molar-refractivity contribution is 1.39. The van der Waals surface area contributed by atoms with Gasteiger partial charge in [-0.15, -0.1) is 34.0 Å². The minimum atomic E-state index is 1.03. The molecule has 3 aromatic heterocycles. The number of hydrogen-bond acceptors (Lipinski definition) is 5. The van der Waals surface area contributed by atoms with E-state index in [2.05, 4.69) is 60.8 Å². The van der Waals surface area contributed by atoms with Crippen LogP contribution in [0.4, 0.5) is 0 Å². The Kier molecular flexibility index (Phi) is 3.93. The van der Waals surface area contributed by atoms with Crippen LogP contribution in [0, 0.1) is 6.92 Å². The van der Waals surface area contributed by atoms with Gasteiger partial charge >= 0.3 is 0 Å². The minimum absolute atomic E-state index is 1.03. The fraction of sp³-hybridized carbons (Fsp3) is 0.0476. The van der Waals surface area contributed by atoms with Gasteiger partial charge in [-0.25, -0.2) is 9.97 Å². The molecule has 0 radical (unpaired) electrons. The highest BCUT2D eigenvalue weighted by atomic mass is 32.1. The highest BCUT2D eigenvalue weighted by molar-refractivity contribution is 7.22. The molecule has 0 aliphatic heterocycles. The topological polar surface area (TPSA) is 25.8 Å². The first-order chi connectivity index (χ1) is 12.8. The average Bonchev–Trinajstić information content (AvgIpc) is 3.37. The van der Waals surface area contributed by atoms with E-state index < -0.39 is 0 Å². The lowest BCUT2D eigenvalue weighted by Crippen LogP contribution is -1.86. The maximum atomic E-state index is 4.89. The quantitative estimate of drug-likeness (QED) is 0.336. The fourth-order valence-corrected chi connectivity index (χ4v) is 5.74. The van der Waals surface area contributed by atoms with Crippen LogP contribution in [0.2, 0.25) is 0 Å². The second kappa shape index (κ2) is 6.43. The van der Waals surface area contributed by atoms with E-state index >= 15 is 0 Å². The minimum Gasteiger partial charge on any atom is -0.236 e. The molecule has 2 nitrogen and oxygen atoms in total. The molecule has 0 saturated heterocycles. The Bertz CT molecular complexity index is 1110. The van der Waals surface area contributed by atoms with E-state index in [0.29, 0.717) is 0 Å². The molecule has 5 heteroatoms. The number of benzene rings is 2. The van der Waals surface area contributed by atoms with Crippen molar-refractivity contribution in [2.24, 2.45) is 0 Å². The van der Waals surface area contributed by atoms with Gasteiger partial charge in [-0.1, -0.05) is 24.3 Å². The monoisotopic (exact) mass is 390 g/mol. The van der Waals surface area contributed by atoms with E-state index in [4.69, 9.17) is 9.97 Å². The third-order valence-corrected chi connectivity index (χ3v) is 7.33. The van der Waals surface area contributed by atoms with Crippen molar-refractivity contribution < 1.29 is 0 Å². The summed E-state index contributed by atoms with van der Waals surface area (Å²) in [5, 5.41) is 4.19. The first kappa shape index (κ1) is 15.9. The van der Waals surface area contributed by atoms with Crippen molar-refractivity contribution in [3.8, 4) is 0 Å². The summed E-state index contributed by atoms with van der Waals surface area (Å²) in [6, 6.07) is 18.8. The first-order valence-corrected chi connectivity index (χ1v) is 10.8. The number of nitrogens with zero attached hydrogens (tertiary/aromatic N) is 2. The van der Waals surface area contributed by atoms with Gasteiger partial charge in [0, 0.05) is 10.5 Å². The van der Waals surface area contributed by atoms with Gasteiger partial charge in [0.2, 0.25) is 0 Å². The Labute approximate surface area is 163 Å². The van der Waals surface area contributed by atoms with E-state index in [-0.39, 0.29) is 0 Å². The van der Waals surface area contributed by atoms with Crippen molar-refractivity contribution in [1.29, 1.82) is 0 Å². The molecule has 126 valence electrons. The van der Waals surface area contributed by atoms with Crippen LogP contribution in [0.3, 0.4) is 0 Å². The molecular formula is C21H14N2S3. The molecule has 0 amide bonds. The molecule has 0 unspecified atom stereocenters. The highest BCUT2D eigenvalue weighted by Crippen LogP contribution is 2.37. The lowest BCUT2D eigenvalue weighted by Gasteiger charge is -2.00. The van der Waals surface area contributed by atoms with Crippen LogP contribution < -0.4 is 0 Å². The molecule has 3 heterocycles. The molecule has 0 saturated carbocycles. The highest BCUT2D eigenvalue weighted by Gasteiger charge is 2.16. The average molecular weight is 391 g/mol. The van der Waals surface area contributed by atoms with Crippen LogP contribution in [-0.2, 0) is 0 Å². The molecule has 0 bridgehead atoms. The van der Waals surface area contributed by atoms with E-state index in [9.17, 15) is 0 Å². The summed E-state index contributed by atoms with van der Waals surface area (Å²) >= 11 is 5.22. The summed E-state index contributed by atoms with van der Waals surface area (Å²) in [4.78, 5) is 11.0. The predicted octanol–water partition coefficient (Wildman–Crippen LogP) is 6.86. The summed E-state index contributed by atoms with van der Waals surface area (Å²) in [6.07, 6.45) is 2.25. The third-order valence-electron chi connectivity index (χ3n) is 4.23. The summed E-state index contributed by atoms with van der Waals surface area (Å²) < 4.78 is 2.41. The standard InChI is InChI=1S/C21H14N2S3/c1-13-10-11-24-19(13)12-14(20-22-15-6-2-4-8-17(15)25-20)21-23-16-7-3-5-9-18(16)26-21/h2-12H,1H3. The maximum Gasteiger partial charge on any atom is 0.127 e. The number of para-hydroxylation sites is 2. The van der Waals surface area contributed by atoms with Crippen LogP contribution in [0.5, 0.6) is 0 Å². The number of rotatable bonds is 3. The Morgan fingerprint density at radius 3 is 1.88 bits per heavy atom. The van der Waals surface area contributed by atoms with Crippen LogP contribution in [-0.4, -0.2) is 9.97 Å². The van der Waals surface area contributed by atoms with Gasteiger partial charge < -0.3 is 0 Å². The summed E-state index contributed by atoms with van der Waals surface area (Å²) in [6.45, 7) is 2.15. The Morgan fingerprint density at radius 2 is 1.38 bits per heavy atom. The van der Waals surface area contributed by atoms with Crippen molar-refractivity contribution in [2.45, 2.75) is 6.92 Å². The van der Waals surface area contributed by atoms with Crippen LogP contribution in [0.25, 0.3) is 32.1 Å². The van der Waals surface area contributed by atoms with Crippen molar-refractivity contribution in [3.05, 3.63) is 80.4 Å². The predicted molar refractivity (Wildman–Crippen MR) is 115 cm³/mol. The zero-order chi connectivity index (χ0) is 17.5. The van der Waals surface area contributed by atoms with Gasteiger partial charge in [0.05, 0.1) is 20.4 Å². The zero-order valence-corrected chi connectivity index (χ0v) is 16.4. The van der Waals surface area contributed by atoms with Crippen molar-refractivity contribution in [3.63, 3.8) is 0 Å². The third kappa shape index (κ3) is 2.78. The van der Waals surface area contributed by atoms with E-state index in [1.165, 1.54) is 19.8 Å². The number of aryl methyl sites for hydroxylation is 1. The van der Waals surface area contributed by atoms with Gasteiger partial charge in [-0.2, -0.15) is 0 Å². The summed E-state index contributed by atoms with van der Waals surface area (Å²) in [7, 11) is 0. The van der Waals surface area contributed by atoms with Crippen LogP contribution in [0.15, 0.2) is 60.0 Å². The van der Waals surface area contributed by atoms with Crippen molar-refractivity contribution in [2.75, 3.05) is 0 Å². The maximum absolute atomic E-state index is 4.89. The first-order valence-electron chi connectivity index (χ1n) is 8.25. The molecule has 5 aromatic rings. The van der Waals surface area contributed by atoms with Crippen LogP contribution in [0.1, 0.15) is 20.5 Å². The molecule has 0 aliphatic rings. The lowest BCUT2D eigenvalue weighted by atomic mass is 10.2. The van der Waals surface area contributed by atoms with Gasteiger partial charge in [0.25, 0.3) is 0 Å². The van der Waals surface area contributed by atoms with Gasteiger partial charge in [-0.05, 0) is 54.3 Å².